The van der Waals surface area contributed by atoms with Gasteiger partial charge in [-0.2, -0.15) is 0 Å². The highest BCUT2D eigenvalue weighted by Crippen LogP contribution is 2.24. The molecule has 0 fully saturated rings. The summed E-state index contributed by atoms with van der Waals surface area (Å²) in [6, 6.07) is 14.9. The highest BCUT2D eigenvalue weighted by atomic mass is 16.5. The van der Waals surface area contributed by atoms with Gasteiger partial charge in [0.2, 0.25) is 17.7 Å². The van der Waals surface area contributed by atoms with Gasteiger partial charge in [0.15, 0.2) is 0 Å². The van der Waals surface area contributed by atoms with Crippen molar-refractivity contribution in [1.29, 1.82) is 0 Å². The van der Waals surface area contributed by atoms with Crippen LogP contribution in [0, 0.1) is 5.92 Å². The summed E-state index contributed by atoms with van der Waals surface area (Å²) in [5.41, 5.74) is 1.93. The highest BCUT2D eigenvalue weighted by Gasteiger charge is 2.26. The number of fused-ring (bicyclic) bond motifs is 5. The largest absolute Gasteiger partial charge is 0.494 e. The molecule has 2 N–H and O–H groups in total. The average Bonchev–Trinajstić information content (AvgIpc) is 3.37. The average molecular weight is 603 g/mol. The topological polar surface area (TPSA) is 118 Å². The van der Waals surface area contributed by atoms with E-state index in [4.69, 9.17) is 9.47 Å². The zero-order valence-corrected chi connectivity index (χ0v) is 25.5. The smallest absolute Gasteiger partial charge is 0.242 e. The third-order valence-electron chi connectivity index (χ3n) is 7.74. The molecule has 2 aromatic carbocycles. The van der Waals surface area contributed by atoms with Crippen LogP contribution in [0.3, 0.4) is 0 Å². The Labute approximate surface area is 258 Å². The first-order valence-corrected chi connectivity index (χ1v) is 15.4. The third-order valence-corrected chi connectivity index (χ3v) is 7.74. The van der Waals surface area contributed by atoms with Crippen LogP contribution < -0.4 is 20.1 Å². The standard InChI is InChI=1S/C33H42N6O5/c1-24(2)19-28-33(42)35-12-15-38-14-11-34-32(38)25-8-5-9-27(20-25)43-17-6-13-39(22-30(40)36-28)31(41)23-37-16-18-44-29-10-4-3-7-26(29)21-37/h3-5,7-11,14,20,24,28H,6,12-13,15-19,21-23H2,1-2H3,(H,35,42)(H,36,40)/t28-/m1/s1. The SMILES string of the molecule is CC(C)C[C@H]1NC(=O)CN(C(=O)CN2CCOc3ccccc3C2)CCCOc2cccc(c2)-c2nccn2CCNC1=O. The molecule has 0 saturated carbocycles. The van der Waals surface area contributed by atoms with Gasteiger partial charge in [-0.25, -0.2) is 4.98 Å². The summed E-state index contributed by atoms with van der Waals surface area (Å²) in [7, 11) is 0. The molecule has 3 aromatic rings. The fourth-order valence-electron chi connectivity index (χ4n) is 5.56. The Balaban J connectivity index is 1.33. The van der Waals surface area contributed by atoms with Crippen molar-refractivity contribution < 1.29 is 23.9 Å². The Morgan fingerprint density at radius 3 is 2.75 bits per heavy atom. The summed E-state index contributed by atoms with van der Waals surface area (Å²) < 4.78 is 13.9. The van der Waals surface area contributed by atoms with E-state index in [0.29, 0.717) is 64.5 Å². The van der Waals surface area contributed by atoms with Crippen molar-refractivity contribution in [3.63, 3.8) is 0 Å². The molecule has 1 aromatic heterocycles. The van der Waals surface area contributed by atoms with Gasteiger partial charge in [0.1, 0.15) is 30.0 Å². The van der Waals surface area contributed by atoms with Gasteiger partial charge in [0, 0.05) is 56.2 Å². The molecule has 0 aliphatic carbocycles. The van der Waals surface area contributed by atoms with E-state index in [1.165, 1.54) is 0 Å². The Bertz CT molecular complexity index is 1440. The van der Waals surface area contributed by atoms with Gasteiger partial charge < -0.3 is 29.6 Å². The van der Waals surface area contributed by atoms with Crippen molar-refractivity contribution in [1.82, 2.24) is 30.0 Å². The zero-order chi connectivity index (χ0) is 30.9. The molecule has 44 heavy (non-hydrogen) atoms. The van der Waals surface area contributed by atoms with Crippen molar-refractivity contribution in [3.05, 3.63) is 66.5 Å². The number of imidazole rings is 1. The van der Waals surface area contributed by atoms with Crippen LogP contribution >= 0.6 is 0 Å². The third kappa shape index (κ3) is 8.37. The Morgan fingerprint density at radius 2 is 1.89 bits per heavy atom. The van der Waals surface area contributed by atoms with Gasteiger partial charge in [0.25, 0.3) is 0 Å². The number of aromatic nitrogens is 2. The minimum Gasteiger partial charge on any atom is -0.494 e. The lowest BCUT2D eigenvalue weighted by Gasteiger charge is -2.27. The van der Waals surface area contributed by atoms with E-state index >= 15 is 0 Å². The molecule has 0 spiro atoms. The van der Waals surface area contributed by atoms with E-state index < -0.39 is 6.04 Å². The van der Waals surface area contributed by atoms with Crippen LogP contribution in [-0.4, -0.2) is 89.1 Å². The summed E-state index contributed by atoms with van der Waals surface area (Å²) >= 11 is 0. The van der Waals surface area contributed by atoms with E-state index in [1.54, 1.807) is 11.1 Å². The number of carbonyl (C=O) groups is 3. The number of nitrogens with zero attached hydrogens (tertiary/aromatic N) is 4. The molecular weight excluding hydrogens is 560 g/mol. The van der Waals surface area contributed by atoms with Crippen molar-refractivity contribution >= 4 is 17.7 Å². The fraction of sp³-hybridized carbons (Fsp3) is 0.455. The van der Waals surface area contributed by atoms with Gasteiger partial charge in [-0.3, -0.25) is 19.3 Å². The molecule has 2 aliphatic rings. The number of carbonyl (C=O) groups excluding carboxylic acids is 3. The normalized spacial score (nSPS) is 18.8. The van der Waals surface area contributed by atoms with Crippen LogP contribution in [-0.2, 0) is 27.5 Å². The number of benzene rings is 2. The lowest BCUT2D eigenvalue weighted by Crippen LogP contribution is -2.52. The predicted molar refractivity (Wildman–Crippen MR) is 166 cm³/mol. The predicted octanol–water partition coefficient (Wildman–Crippen LogP) is 2.70. The number of ether oxygens (including phenoxy) is 2. The van der Waals surface area contributed by atoms with Crippen molar-refractivity contribution in [3.8, 4) is 22.9 Å². The number of rotatable bonds is 4. The molecular formula is C33H42N6O5. The first-order chi connectivity index (χ1) is 21.4. The first kappa shape index (κ1) is 31.1. The monoisotopic (exact) mass is 602 g/mol. The molecule has 0 saturated heterocycles. The maximum atomic E-state index is 13.7. The fourth-order valence-corrected chi connectivity index (χ4v) is 5.56. The number of nitrogens with one attached hydrogen (secondary N) is 2. The summed E-state index contributed by atoms with van der Waals surface area (Å²) in [4.78, 5) is 48.3. The molecule has 0 unspecified atom stereocenters. The Morgan fingerprint density at radius 1 is 1.02 bits per heavy atom. The highest BCUT2D eigenvalue weighted by molar-refractivity contribution is 5.90. The number of hydrogen-bond donors (Lipinski definition) is 2. The number of amides is 3. The second kappa shape index (κ2) is 14.9. The maximum Gasteiger partial charge on any atom is 0.242 e. The molecule has 1 atom stereocenters. The molecule has 3 heterocycles. The second-order valence-corrected chi connectivity index (χ2v) is 11.7. The lowest BCUT2D eigenvalue weighted by molar-refractivity contribution is -0.138. The van der Waals surface area contributed by atoms with Gasteiger partial charge in [-0.15, -0.1) is 0 Å². The van der Waals surface area contributed by atoms with Crippen LogP contribution in [0.5, 0.6) is 11.5 Å². The van der Waals surface area contributed by atoms with Crippen LogP contribution in [0.25, 0.3) is 11.4 Å². The zero-order valence-electron chi connectivity index (χ0n) is 25.5. The van der Waals surface area contributed by atoms with Crippen LogP contribution in [0.1, 0.15) is 32.3 Å². The second-order valence-electron chi connectivity index (χ2n) is 11.7. The molecule has 3 amide bonds. The minimum atomic E-state index is -0.708. The van der Waals surface area contributed by atoms with Crippen LogP contribution in [0.2, 0.25) is 0 Å². The van der Waals surface area contributed by atoms with E-state index in [9.17, 15) is 14.4 Å². The molecule has 234 valence electrons. The molecule has 2 bridgehead atoms. The van der Waals surface area contributed by atoms with E-state index in [0.717, 1.165) is 22.7 Å². The van der Waals surface area contributed by atoms with Crippen molar-refractivity contribution in [2.75, 3.05) is 45.9 Å². The van der Waals surface area contributed by atoms with Crippen molar-refractivity contribution in [2.45, 2.75) is 45.8 Å². The lowest BCUT2D eigenvalue weighted by atomic mass is 10.0. The molecule has 5 rings (SSSR count). The van der Waals surface area contributed by atoms with E-state index in [1.807, 2.05) is 78.0 Å². The molecule has 0 radical (unpaired) electrons. The van der Waals surface area contributed by atoms with E-state index in [-0.39, 0.29) is 36.7 Å². The quantitative estimate of drug-likeness (QED) is 0.472. The Kier molecular flexibility index (Phi) is 10.5. The number of hydrogen-bond acceptors (Lipinski definition) is 7. The van der Waals surface area contributed by atoms with Gasteiger partial charge in [0.05, 0.1) is 19.7 Å². The first-order valence-electron chi connectivity index (χ1n) is 15.4. The maximum absolute atomic E-state index is 13.7. The molecule has 11 heteroatoms. The van der Waals surface area contributed by atoms with Crippen molar-refractivity contribution in [2.24, 2.45) is 5.92 Å². The molecule has 11 nitrogen and oxygen atoms in total. The van der Waals surface area contributed by atoms with Crippen LogP contribution in [0.15, 0.2) is 60.9 Å². The molecule has 2 aliphatic heterocycles. The summed E-state index contributed by atoms with van der Waals surface area (Å²) in [5.74, 6) is 1.71. The van der Waals surface area contributed by atoms with E-state index in [2.05, 4.69) is 15.6 Å². The summed E-state index contributed by atoms with van der Waals surface area (Å²) in [5, 5.41) is 5.88. The minimum absolute atomic E-state index is 0.143. The van der Waals surface area contributed by atoms with Gasteiger partial charge in [-0.1, -0.05) is 44.2 Å². The van der Waals surface area contributed by atoms with Gasteiger partial charge in [-0.05, 0) is 37.0 Å². The van der Waals surface area contributed by atoms with Gasteiger partial charge >= 0.3 is 0 Å². The summed E-state index contributed by atoms with van der Waals surface area (Å²) in [6.45, 7) is 7.26. The number of para-hydroxylation sites is 1. The Hall–Kier alpha value is -4.38. The van der Waals surface area contributed by atoms with Crippen LogP contribution in [0.4, 0.5) is 0 Å². The summed E-state index contributed by atoms with van der Waals surface area (Å²) in [6.07, 6.45) is 4.62.